The lowest BCUT2D eigenvalue weighted by Crippen LogP contribution is -2.19. The molecule has 0 radical (unpaired) electrons. The van der Waals surface area contributed by atoms with Crippen molar-refractivity contribution in [1.82, 2.24) is 19.3 Å². The highest BCUT2D eigenvalue weighted by atomic mass is 16.1. The molecule has 5 heteroatoms. The summed E-state index contributed by atoms with van der Waals surface area (Å²) in [5.74, 6) is 0.273. The first-order chi connectivity index (χ1) is 14.7. The first kappa shape index (κ1) is 17.2. The van der Waals surface area contributed by atoms with E-state index in [1.165, 1.54) is 0 Å². The van der Waals surface area contributed by atoms with Gasteiger partial charge < -0.3 is 4.57 Å². The maximum Gasteiger partial charge on any atom is 0.259 e. The van der Waals surface area contributed by atoms with E-state index in [-0.39, 0.29) is 17.5 Å². The lowest BCUT2D eigenvalue weighted by molar-refractivity contribution is 0.688. The summed E-state index contributed by atoms with van der Waals surface area (Å²) in [6.07, 6.45) is 6.63. The van der Waals surface area contributed by atoms with Gasteiger partial charge in [-0.1, -0.05) is 42.5 Å². The molecule has 1 aliphatic carbocycles. The van der Waals surface area contributed by atoms with Crippen molar-refractivity contribution >= 4 is 21.7 Å². The molecule has 6 rings (SSSR count). The van der Waals surface area contributed by atoms with Crippen molar-refractivity contribution in [2.24, 2.45) is 7.05 Å². The molecule has 1 aliphatic rings. The van der Waals surface area contributed by atoms with Crippen molar-refractivity contribution in [3.8, 4) is 11.1 Å². The number of nitrogens with zero attached hydrogens (tertiary/aromatic N) is 4. The van der Waals surface area contributed by atoms with Crippen LogP contribution in [0.3, 0.4) is 0 Å². The summed E-state index contributed by atoms with van der Waals surface area (Å²) in [6, 6.07) is 20.6. The van der Waals surface area contributed by atoms with Crippen LogP contribution in [0, 0.1) is 0 Å². The minimum Gasteiger partial charge on any atom is -0.311 e. The van der Waals surface area contributed by atoms with Crippen molar-refractivity contribution in [1.29, 1.82) is 0 Å². The molecule has 1 fully saturated rings. The SMILES string of the molecule is Cn1cc(-c2cccc3ccn([C@@H]4CC4c4ccc5ccccc5n4)c(=O)c23)cn1. The van der Waals surface area contributed by atoms with Crippen LogP contribution in [0.25, 0.3) is 32.8 Å². The predicted octanol–water partition coefficient (Wildman–Crippen LogP) is 4.68. The maximum absolute atomic E-state index is 13.5. The number of fused-ring (bicyclic) bond motifs is 2. The molecule has 1 unspecified atom stereocenters. The average molecular weight is 392 g/mol. The van der Waals surface area contributed by atoms with Crippen molar-refractivity contribution in [2.45, 2.75) is 18.4 Å². The van der Waals surface area contributed by atoms with Gasteiger partial charge in [0.15, 0.2) is 0 Å². The number of hydrogen-bond acceptors (Lipinski definition) is 3. The Kier molecular flexibility index (Phi) is 3.65. The minimum atomic E-state index is 0.0558. The summed E-state index contributed by atoms with van der Waals surface area (Å²) in [5, 5.41) is 7.13. The van der Waals surface area contributed by atoms with Crippen LogP contribution < -0.4 is 5.56 Å². The lowest BCUT2D eigenvalue weighted by atomic mass is 10.0. The van der Waals surface area contributed by atoms with Gasteiger partial charge in [0, 0.05) is 48.0 Å². The van der Waals surface area contributed by atoms with E-state index in [1.54, 1.807) is 4.68 Å². The summed E-state index contributed by atoms with van der Waals surface area (Å²) in [7, 11) is 1.89. The van der Waals surface area contributed by atoms with Gasteiger partial charge in [-0.2, -0.15) is 5.10 Å². The van der Waals surface area contributed by atoms with E-state index in [2.05, 4.69) is 23.3 Å². The van der Waals surface area contributed by atoms with Gasteiger partial charge in [-0.3, -0.25) is 14.5 Å². The molecular weight excluding hydrogens is 372 g/mol. The lowest BCUT2D eigenvalue weighted by Gasteiger charge is -2.10. The van der Waals surface area contributed by atoms with Crippen LogP contribution >= 0.6 is 0 Å². The van der Waals surface area contributed by atoms with Crippen molar-refractivity contribution in [3.05, 3.63) is 95.3 Å². The maximum atomic E-state index is 13.5. The van der Waals surface area contributed by atoms with Crippen LogP contribution in [0.15, 0.2) is 84.0 Å². The second kappa shape index (κ2) is 6.39. The number of pyridine rings is 2. The molecule has 3 heterocycles. The molecule has 2 atom stereocenters. The Labute approximate surface area is 173 Å². The molecule has 0 aliphatic heterocycles. The van der Waals surface area contributed by atoms with Gasteiger partial charge in [-0.25, -0.2) is 0 Å². The molecule has 0 saturated heterocycles. The Morgan fingerprint density at radius 3 is 2.70 bits per heavy atom. The van der Waals surface area contributed by atoms with E-state index < -0.39 is 0 Å². The molecule has 0 spiro atoms. The van der Waals surface area contributed by atoms with Crippen LogP contribution in [-0.2, 0) is 7.05 Å². The second-order valence-electron chi connectivity index (χ2n) is 8.04. The second-order valence-corrected chi connectivity index (χ2v) is 8.04. The molecule has 5 aromatic rings. The Bertz CT molecular complexity index is 1480. The molecular formula is C25H20N4O. The van der Waals surface area contributed by atoms with Crippen molar-refractivity contribution in [2.75, 3.05) is 0 Å². The zero-order valence-electron chi connectivity index (χ0n) is 16.6. The molecule has 0 N–H and O–H groups in total. The van der Waals surface area contributed by atoms with Crippen LogP contribution in [-0.4, -0.2) is 19.3 Å². The van der Waals surface area contributed by atoms with Crippen LogP contribution in [0.2, 0.25) is 0 Å². The van der Waals surface area contributed by atoms with Gasteiger partial charge in [0.25, 0.3) is 5.56 Å². The number of para-hydroxylation sites is 1. The first-order valence-electron chi connectivity index (χ1n) is 10.2. The highest BCUT2D eigenvalue weighted by Crippen LogP contribution is 2.50. The van der Waals surface area contributed by atoms with Crippen LogP contribution in [0.5, 0.6) is 0 Å². The van der Waals surface area contributed by atoms with Crippen molar-refractivity contribution < 1.29 is 0 Å². The van der Waals surface area contributed by atoms with E-state index in [0.29, 0.717) is 0 Å². The third-order valence-electron chi connectivity index (χ3n) is 6.09. The number of rotatable bonds is 3. The first-order valence-corrected chi connectivity index (χ1v) is 10.2. The molecule has 1 saturated carbocycles. The largest absolute Gasteiger partial charge is 0.311 e. The molecule has 30 heavy (non-hydrogen) atoms. The molecule has 5 nitrogen and oxygen atoms in total. The van der Waals surface area contributed by atoms with Gasteiger partial charge in [0.1, 0.15) is 0 Å². The van der Waals surface area contributed by atoms with Crippen LogP contribution in [0.1, 0.15) is 24.1 Å². The Morgan fingerprint density at radius 2 is 1.83 bits per heavy atom. The predicted molar refractivity (Wildman–Crippen MR) is 119 cm³/mol. The van der Waals surface area contributed by atoms with Crippen LogP contribution in [0.4, 0.5) is 0 Å². The molecule has 0 amide bonds. The molecule has 3 aromatic heterocycles. The van der Waals surface area contributed by atoms with E-state index in [9.17, 15) is 4.79 Å². The fraction of sp³-hybridized carbons (Fsp3) is 0.160. The number of aryl methyl sites for hydroxylation is 1. The highest BCUT2D eigenvalue weighted by Gasteiger charge is 2.41. The Morgan fingerprint density at radius 1 is 0.967 bits per heavy atom. The normalized spacial score (nSPS) is 18.2. The summed E-state index contributed by atoms with van der Waals surface area (Å²) >= 11 is 0. The summed E-state index contributed by atoms with van der Waals surface area (Å²) in [6.45, 7) is 0. The smallest absolute Gasteiger partial charge is 0.259 e. The zero-order valence-corrected chi connectivity index (χ0v) is 16.6. The Balaban J connectivity index is 1.43. The average Bonchev–Trinajstić information content (AvgIpc) is 3.45. The van der Waals surface area contributed by atoms with Gasteiger partial charge in [0.05, 0.1) is 17.1 Å². The highest BCUT2D eigenvalue weighted by molar-refractivity contribution is 5.95. The van der Waals surface area contributed by atoms with E-state index in [4.69, 9.17) is 4.98 Å². The third-order valence-corrected chi connectivity index (χ3v) is 6.09. The van der Waals surface area contributed by atoms with E-state index in [1.807, 2.05) is 72.7 Å². The quantitative estimate of drug-likeness (QED) is 0.448. The fourth-order valence-corrected chi connectivity index (χ4v) is 4.46. The summed E-state index contributed by atoms with van der Waals surface area (Å²) in [4.78, 5) is 18.4. The van der Waals surface area contributed by atoms with E-state index >= 15 is 0 Å². The fourth-order valence-electron chi connectivity index (χ4n) is 4.46. The standard InChI is InChI=1S/C25H20N4O/c1-28-15-18(14-26-28)19-7-4-6-17-11-12-29(25(30)24(17)19)23-13-20(23)22-10-9-16-5-2-3-8-21(16)27-22/h2-12,14-15,20,23H,13H2,1H3/t20?,23-/m1/s1. The topological polar surface area (TPSA) is 52.7 Å². The van der Waals surface area contributed by atoms with Gasteiger partial charge >= 0.3 is 0 Å². The Hall–Kier alpha value is -3.73. The molecule has 2 aromatic carbocycles. The minimum absolute atomic E-state index is 0.0558. The van der Waals surface area contributed by atoms with Gasteiger partial charge in [-0.05, 0) is 35.6 Å². The van der Waals surface area contributed by atoms with Gasteiger partial charge in [0.2, 0.25) is 0 Å². The third kappa shape index (κ3) is 2.66. The van der Waals surface area contributed by atoms with Crippen molar-refractivity contribution in [3.63, 3.8) is 0 Å². The molecule has 146 valence electrons. The monoisotopic (exact) mass is 392 g/mol. The van der Waals surface area contributed by atoms with E-state index in [0.717, 1.165) is 44.9 Å². The summed E-state index contributed by atoms with van der Waals surface area (Å²) in [5.41, 5.74) is 4.01. The number of hydrogen-bond donors (Lipinski definition) is 0. The number of benzene rings is 2. The zero-order chi connectivity index (χ0) is 20.2. The van der Waals surface area contributed by atoms with Gasteiger partial charge in [-0.15, -0.1) is 0 Å². The summed E-state index contributed by atoms with van der Waals surface area (Å²) < 4.78 is 3.65. The molecule has 0 bridgehead atoms. The number of aromatic nitrogens is 4.